The Kier molecular flexibility index (Phi) is 38.0. The van der Waals surface area contributed by atoms with Crippen molar-refractivity contribution < 1.29 is 71.5 Å². The Hall–Kier alpha value is -8.20. The zero-order chi connectivity index (χ0) is 96.3. The number of ketones is 1. The minimum atomic E-state index is -0.614. The largest absolute Gasteiger partial charge is 0.456 e. The van der Waals surface area contributed by atoms with Gasteiger partial charge in [-0.05, 0) is 402 Å². The lowest BCUT2D eigenvalue weighted by Crippen LogP contribution is -2.59. The summed E-state index contributed by atoms with van der Waals surface area (Å²) in [5, 5.41) is 2.36. The molecule has 0 unspecified atom stereocenters. The second-order valence-electron chi connectivity index (χ2n) is 43.8. The molecule has 18 rings (SSSR count). The average molecular weight is 1790 g/mol. The molecule has 0 N–H and O–H groups in total. The summed E-state index contributed by atoms with van der Waals surface area (Å²) in [6.07, 6.45) is 43.2. The zero-order valence-electron chi connectivity index (χ0n) is 84.0. The van der Waals surface area contributed by atoms with Gasteiger partial charge in [-0.1, -0.05) is 179 Å². The van der Waals surface area contributed by atoms with Gasteiger partial charge in [-0.15, -0.1) is 0 Å². The number of benzene rings is 3. The summed E-state index contributed by atoms with van der Waals surface area (Å²) in [5.41, 5.74) is 3.93. The standard InChI is InChI=1S/C17H26O2.C17H18O.C16H24O2.C15H22O2.C14H24O2.C13H16O2.C12H20O2.C11H18O2/c1-11(2)15(18)19-16(3,4)17-8-12-5-13(9-17)7-14(6-12)10-17;1-12(2)16(18)17(3,4)15-10-9-13-7-5-6-8-14(13)11-15;1-4-16(18-15(17)10(2)3)13-6-11-5-12(8-13)9-14(16)7-11;1-9(2)14(16)17-15(3)12-5-10-4-11(7-12)8-13(15)6-10;1-4-14(16-13(15)12(2)3)10-8-6-5-7-9-11-14;1-10(2)12(14)15-13(3,4)11-8-6-5-7-9-11;1-4-12(8-6-5-7-9-12)14-11(13)10(2)3;1-4-11(7-5-6-8-11)13-10(12)9(2)3/h12-14H,1,5-10H2,2-4H3;5-11H,1H2,2-4H3;11-14H,2,4-9H2,1,3H3;10-13H,1,4-8H2,2-3H3;2,4-11H2,1,3H3;5-9H,1H2,2-4H3;2,4-9H2,1,3H3;2,4-8H2,1,3H3. The minimum absolute atomic E-state index is 0.0952. The third-order valence-electron chi connectivity index (χ3n) is 32.2. The van der Waals surface area contributed by atoms with Crippen molar-refractivity contribution in [3.05, 3.63) is 181 Å². The second kappa shape index (κ2) is 46.2. The monoisotopic (exact) mass is 1790 g/mol. The lowest BCUT2D eigenvalue weighted by molar-refractivity contribution is -0.207. The number of carbonyl (C=O) groups excluding carboxylic acids is 8. The van der Waals surface area contributed by atoms with Crippen molar-refractivity contribution in [3.63, 3.8) is 0 Å². The number of hydrogen-bond acceptors (Lipinski definition) is 15. The molecule has 130 heavy (non-hydrogen) atoms. The Bertz CT molecular complexity index is 4420. The molecule has 12 bridgehead atoms. The number of Topliss-reactive ketones (excluding diaryl/α,β-unsaturated/α-hetero) is 1. The van der Waals surface area contributed by atoms with Crippen LogP contribution in [0.5, 0.6) is 0 Å². The maximum absolute atomic E-state index is 12.2. The van der Waals surface area contributed by atoms with E-state index < -0.39 is 11.0 Å². The molecule has 3 aromatic carbocycles. The van der Waals surface area contributed by atoms with E-state index >= 15 is 0 Å². The minimum Gasteiger partial charge on any atom is -0.456 e. The normalized spacial score (nSPS) is 27.8. The Balaban J connectivity index is 0.000000184. The maximum atomic E-state index is 12.2. The van der Waals surface area contributed by atoms with E-state index in [1.54, 1.807) is 55.4 Å². The Morgan fingerprint density at radius 3 is 0.985 bits per heavy atom. The molecule has 718 valence electrons. The first-order valence-corrected chi connectivity index (χ1v) is 50.0. The lowest BCUT2D eigenvalue weighted by atomic mass is 9.46. The quantitative estimate of drug-likeness (QED) is 0.0492. The Labute approximate surface area is 784 Å². The molecule has 0 spiro atoms. The van der Waals surface area contributed by atoms with Crippen molar-refractivity contribution in [2.45, 2.75) is 407 Å². The molecule has 15 nitrogen and oxygen atoms in total. The van der Waals surface area contributed by atoms with Crippen LogP contribution in [-0.2, 0) is 82.5 Å². The molecule has 0 heterocycles. The van der Waals surface area contributed by atoms with E-state index in [0.29, 0.717) is 68.3 Å². The highest BCUT2D eigenvalue weighted by atomic mass is 16.6. The fraction of sp³-hybridized carbons (Fsp3) is 0.652. The van der Waals surface area contributed by atoms with E-state index in [1.807, 2.05) is 76.2 Å². The highest BCUT2D eigenvalue weighted by molar-refractivity contribution is 6.02. The number of hydrogen-bond donors (Lipinski definition) is 0. The number of rotatable bonds is 23. The maximum Gasteiger partial charge on any atom is 0.333 e. The van der Waals surface area contributed by atoms with E-state index in [-0.39, 0.29) is 86.6 Å². The summed E-state index contributed by atoms with van der Waals surface area (Å²) in [7, 11) is 0. The van der Waals surface area contributed by atoms with Crippen LogP contribution in [0.4, 0.5) is 0 Å². The van der Waals surface area contributed by atoms with Gasteiger partial charge in [0.1, 0.15) is 39.2 Å². The lowest BCUT2D eigenvalue weighted by Gasteiger charge is -2.61. The van der Waals surface area contributed by atoms with Crippen LogP contribution in [0.2, 0.25) is 0 Å². The number of fused-ring (bicyclic) bond motifs is 1. The van der Waals surface area contributed by atoms with Crippen molar-refractivity contribution in [2.75, 3.05) is 0 Å². The predicted molar refractivity (Wildman–Crippen MR) is 526 cm³/mol. The number of esters is 7. The Morgan fingerprint density at radius 2 is 0.631 bits per heavy atom. The van der Waals surface area contributed by atoms with Gasteiger partial charge in [-0.2, -0.15) is 0 Å². The van der Waals surface area contributed by atoms with E-state index in [4.69, 9.17) is 33.2 Å². The smallest absolute Gasteiger partial charge is 0.333 e. The van der Waals surface area contributed by atoms with Gasteiger partial charge in [0.15, 0.2) is 5.78 Å². The molecule has 15 saturated carbocycles. The Morgan fingerprint density at radius 1 is 0.323 bits per heavy atom. The van der Waals surface area contributed by atoms with Crippen LogP contribution in [0.3, 0.4) is 0 Å². The summed E-state index contributed by atoms with van der Waals surface area (Å²) in [4.78, 5) is 93.8. The number of carbonyl (C=O) groups is 8. The second-order valence-corrected chi connectivity index (χ2v) is 43.8. The summed E-state index contributed by atoms with van der Waals surface area (Å²) in [6, 6.07) is 24.0. The first kappa shape index (κ1) is 107. The van der Waals surface area contributed by atoms with E-state index in [0.717, 1.165) is 122 Å². The van der Waals surface area contributed by atoms with Crippen LogP contribution in [0, 0.1) is 70.5 Å². The third-order valence-corrected chi connectivity index (χ3v) is 32.2. The molecule has 0 aromatic heterocycles. The fourth-order valence-electron chi connectivity index (χ4n) is 24.6. The highest BCUT2D eigenvalue weighted by Crippen LogP contribution is 2.65. The first-order valence-electron chi connectivity index (χ1n) is 50.0. The molecule has 15 fully saturated rings. The van der Waals surface area contributed by atoms with Crippen LogP contribution in [0.1, 0.15) is 374 Å². The zero-order valence-corrected chi connectivity index (χ0v) is 84.0. The summed E-state index contributed by atoms with van der Waals surface area (Å²) >= 11 is 0. The van der Waals surface area contributed by atoms with E-state index in [1.165, 1.54) is 172 Å². The third kappa shape index (κ3) is 27.5. The topological polar surface area (TPSA) is 201 Å². The van der Waals surface area contributed by atoms with E-state index in [9.17, 15) is 38.4 Å². The SMILES string of the molecule is C=C(C)C(=O)C(C)(C)c1ccc2ccccc2c1.C=C(C)C(=O)OC(C)(C)C12CC3CC(CC(C3)C1)C2.C=C(C)C(=O)OC(C)(C)c1ccccc1.C=C(C)C(=O)OC1(C)C2CC3CC(C2)CC1C3.C=C(C)C(=O)OC1(CC)C2CC3CC(C2)CC1C3.C=C(C)C(=O)OC1(CC)CCCC1.C=C(C)C(=O)OC1(CC)CCCCC1.C=C(C)C(=O)OC1(CC)CCCCCCC1. The van der Waals surface area contributed by atoms with Crippen molar-refractivity contribution in [2.24, 2.45) is 70.5 Å². The van der Waals surface area contributed by atoms with Crippen LogP contribution in [0.25, 0.3) is 10.8 Å². The van der Waals surface area contributed by atoms with Gasteiger partial charge in [0.2, 0.25) is 0 Å². The molecule has 0 aliphatic heterocycles. The van der Waals surface area contributed by atoms with E-state index in [2.05, 4.69) is 125 Å². The molecule has 15 aliphatic carbocycles. The van der Waals surface area contributed by atoms with Gasteiger partial charge in [-0.25, -0.2) is 33.6 Å². The predicted octanol–water partition coefficient (Wildman–Crippen LogP) is 28.5. The molecule has 0 radical (unpaired) electrons. The fourth-order valence-corrected chi connectivity index (χ4v) is 24.6. The van der Waals surface area contributed by atoms with Gasteiger partial charge in [0.05, 0.1) is 5.41 Å². The van der Waals surface area contributed by atoms with Gasteiger partial charge < -0.3 is 33.2 Å². The molecule has 0 amide bonds. The van der Waals surface area contributed by atoms with Crippen molar-refractivity contribution >= 4 is 58.3 Å². The number of allylic oxidation sites excluding steroid dienone is 1. The van der Waals surface area contributed by atoms with Crippen LogP contribution < -0.4 is 0 Å². The molecular formula is C115H168O15. The van der Waals surface area contributed by atoms with Crippen LogP contribution >= 0.6 is 0 Å². The molecular weight excluding hydrogens is 1620 g/mol. The van der Waals surface area contributed by atoms with Gasteiger partial charge in [0, 0.05) is 44.4 Å². The first-order chi connectivity index (χ1) is 61.0. The highest BCUT2D eigenvalue weighted by Gasteiger charge is 2.61. The molecule has 15 heteroatoms. The molecule has 3 aromatic rings. The van der Waals surface area contributed by atoms with Crippen molar-refractivity contribution in [1.29, 1.82) is 0 Å². The molecule has 0 atom stereocenters. The van der Waals surface area contributed by atoms with Gasteiger partial charge in [-0.3, -0.25) is 4.79 Å². The van der Waals surface area contributed by atoms with Gasteiger partial charge in [0.25, 0.3) is 0 Å². The van der Waals surface area contributed by atoms with Gasteiger partial charge >= 0.3 is 41.8 Å². The number of ether oxygens (including phenoxy) is 7. The summed E-state index contributed by atoms with van der Waals surface area (Å²) in [5.74, 6) is 7.19. The molecule has 15 aliphatic rings. The van der Waals surface area contributed by atoms with Crippen LogP contribution in [-0.4, -0.2) is 81.2 Å². The van der Waals surface area contributed by atoms with Crippen LogP contribution in [0.15, 0.2) is 170 Å². The summed E-state index contributed by atoms with van der Waals surface area (Å²) in [6.45, 7) is 65.6. The summed E-state index contributed by atoms with van der Waals surface area (Å²) < 4.78 is 39.7. The van der Waals surface area contributed by atoms with Crippen molar-refractivity contribution in [3.8, 4) is 0 Å². The molecule has 0 saturated heterocycles. The van der Waals surface area contributed by atoms with Crippen molar-refractivity contribution in [1.82, 2.24) is 0 Å². The average Bonchev–Trinajstić information content (AvgIpc) is 0.781.